The molecule has 0 radical (unpaired) electrons. The number of rotatable bonds is 4. The van der Waals surface area contributed by atoms with Gasteiger partial charge in [-0.05, 0) is 42.7 Å². The van der Waals surface area contributed by atoms with Crippen molar-refractivity contribution in [2.45, 2.75) is 25.3 Å². The van der Waals surface area contributed by atoms with Crippen molar-refractivity contribution in [1.82, 2.24) is 10.2 Å². The third-order valence-electron chi connectivity index (χ3n) is 5.82. The smallest absolute Gasteiger partial charge is 0.325 e. The number of carbonyl (C=O) groups excluding carboxylic acids is 3. The maximum Gasteiger partial charge on any atom is 0.325 e. The Morgan fingerprint density at radius 3 is 2.80 bits per heavy atom. The van der Waals surface area contributed by atoms with Gasteiger partial charge in [0.25, 0.3) is 5.91 Å². The van der Waals surface area contributed by atoms with E-state index >= 15 is 0 Å². The number of ether oxygens (including phenoxy) is 2. The lowest BCUT2D eigenvalue weighted by Gasteiger charge is -2.23. The van der Waals surface area contributed by atoms with Crippen LogP contribution in [-0.2, 0) is 22.4 Å². The summed E-state index contributed by atoms with van der Waals surface area (Å²) in [5.41, 5.74) is 1.64. The molecular formula is C22H21N3O5. The second kappa shape index (κ2) is 6.76. The van der Waals surface area contributed by atoms with Crippen LogP contribution >= 0.6 is 0 Å². The fourth-order valence-electron chi connectivity index (χ4n) is 4.29. The summed E-state index contributed by atoms with van der Waals surface area (Å²) in [5, 5.41) is 2.76. The van der Waals surface area contributed by atoms with Crippen molar-refractivity contribution in [1.29, 1.82) is 0 Å². The molecule has 0 aliphatic carbocycles. The Labute approximate surface area is 173 Å². The number of anilines is 1. The standard InChI is InChI=1S/C22H21N3O5/c1-22(11-14-6-7-17-18(10-14)30-13-29-17)20(27)25(21(28)23-22)12-19(26)24-9-8-15-4-2-3-5-16(15)24/h2-7,10H,8-9,11-13H2,1H3,(H,23,28)/t22-/m0/s1. The maximum absolute atomic E-state index is 13.1. The highest BCUT2D eigenvalue weighted by molar-refractivity contribution is 6.10. The van der Waals surface area contributed by atoms with Crippen LogP contribution in [0.25, 0.3) is 0 Å². The number of imide groups is 1. The SMILES string of the molecule is C[C@@]1(Cc2ccc3c(c2)OCO3)NC(=O)N(CC(=O)N2CCc3ccccc32)C1=O. The quantitative estimate of drug-likeness (QED) is 0.782. The average Bonchev–Trinajstić information content (AvgIpc) is 3.41. The van der Waals surface area contributed by atoms with Crippen LogP contribution in [0.4, 0.5) is 10.5 Å². The molecular weight excluding hydrogens is 386 g/mol. The zero-order valence-corrected chi connectivity index (χ0v) is 16.5. The Kier molecular flexibility index (Phi) is 4.16. The number of carbonyl (C=O) groups is 3. The maximum atomic E-state index is 13.1. The highest BCUT2D eigenvalue weighted by Gasteiger charge is 2.48. The van der Waals surface area contributed by atoms with Crippen LogP contribution in [0, 0.1) is 0 Å². The minimum absolute atomic E-state index is 0.168. The molecule has 8 heteroatoms. The molecule has 3 heterocycles. The van der Waals surface area contributed by atoms with Crippen LogP contribution in [0.5, 0.6) is 11.5 Å². The van der Waals surface area contributed by atoms with Crippen molar-refractivity contribution in [3.63, 3.8) is 0 Å². The van der Waals surface area contributed by atoms with Gasteiger partial charge in [-0.2, -0.15) is 0 Å². The minimum Gasteiger partial charge on any atom is -0.454 e. The summed E-state index contributed by atoms with van der Waals surface area (Å²) in [4.78, 5) is 41.2. The largest absolute Gasteiger partial charge is 0.454 e. The number of amides is 4. The van der Waals surface area contributed by atoms with E-state index in [1.165, 1.54) is 0 Å². The molecule has 1 N–H and O–H groups in total. The number of nitrogens with zero attached hydrogens (tertiary/aromatic N) is 2. The van der Waals surface area contributed by atoms with E-state index in [-0.39, 0.29) is 25.7 Å². The van der Waals surface area contributed by atoms with E-state index in [1.54, 1.807) is 17.9 Å². The Hall–Kier alpha value is -3.55. The average molecular weight is 407 g/mol. The number of urea groups is 1. The molecule has 3 aliphatic rings. The van der Waals surface area contributed by atoms with E-state index in [0.29, 0.717) is 18.0 Å². The second-order valence-electron chi connectivity index (χ2n) is 7.94. The van der Waals surface area contributed by atoms with Crippen molar-refractivity contribution < 1.29 is 23.9 Å². The molecule has 5 rings (SSSR count). The molecule has 0 unspecified atom stereocenters. The number of hydrogen-bond donors (Lipinski definition) is 1. The molecule has 154 valence electrons. The lowest BCUT2D eigenvalue weighted by molar-refractivity contribution is -0.133. The van der Waals surface area contributed by atoms with Crippen molar-refractivity contribution in [3.8, 4) is 11.5 Å². The summed E-state index contributed by atoms with van der Waals surface area (Å²) in [6.45, 7) is 2.11. The van der Waals surface area contributed by atoms with Gasteiger partial charge in [0.1, 0.15) is 12.1 Å². The van der Waals surface area contributed by atoms with E-state index in [1.807, 2.05) is 36.4 Å². The Morgan fingerprint density at radius 2 is 1.93 bits per heavy atom. The monoisotopic (exact) mass is 407 g/mol. The molecule has 0 saturated carbocycles. The van der Waals surface area contributed by atoms with Gasteiger partial charge in [-0.3, -0.25) is 14.5 Å². The summed E-state index contributed by atoms with van der Waals surface area (Å²) in [6, 6.07) is 12.6. The lowest BCUT2D eigenvalue weighted by Crippen LogP contribution is -2.47. The number of nitrogens with one attached hydrogen (secondary N) is 1. The van der Waals surface area contributed by atoms with Crippen LogP contribution in [-0.4, -0.2) is 48.2 Å². The first kappa shape index (κ1) is 18.5. The fraction of sp³-hybridized carbons (Fsp3) is 0.318. The van der Waals surface area contributed by atoms with Gasteiger partial charge in [-0.1, -0.05) is 24.3 Å². The Morgan fingerprint density at radius 1 is 1.13 bits per heavy atom. The molecule has 2 aromatic carbocycles. The molecule has 1 saturated heterocycles. The summed E-state index contributed by atoms with van der Waals surface area (Å²) in [6.07, 6.45) is 1.05. The molecule has 0 aromatic heterocycles. The normalized spacial score (nSPS) is 21.8. The first-order chi connectivity index (χ1) is 14.4. The zero-order chi connectivity index (χ0) is 20.9. The number of fused-ring (bicyclic) bond motifs is 2. The van der Waals surface area contributed by atoms with Crippen LogP contribution in [0.1, 0.15) is 18.1 Å². The van der Waals surface area contributed by atoms with Crippen LogP contribution in [0.15, 0.2) is 42.5 Å². The summed E-state index contributed by atoms with van der Waals surface area (Å²) in [7, 11) is 0. The molecule has 2 aromatic rings. The van der Waals surface area contributed by atoms with Crippen molar-refractivity contribution >= 4 is 23.5 Å². The summed E-state index contributed by atoms with van der Waals surface area (Å²) < 4.78 is 10.7. The van der Waals surface area contributed by atoms with E-state index in [0.717, 1.165) is 28.1 Å². The third kappa shape index (κ3) is 2.96. The number of para-hydroxylation sites is 1. The van der Waals surface area contributed by atoms with E-state index < -0.39 is 17.5 Å². The van der Waals surface area contributed by atoms with Gasteiger partial charge in [0.05, 0.1) is 0 Å². The van der Waals surface area contributed by atoms with Gasteiger partial charge >= 0.3 is 6.03 Å². The van der Waals surface area contributed by atoms with Gasteiger partial charge < -0.3 is 19.7 Å². The number of hydrogen-bond acceptors (Lipinski definition) is 5. The molecule has 1 atom stereocenters. The first-order valence-electron chi connectivity index (χ1n) is 9.85. The summed E-state index contributed by atoms with van der Waals surface area (Å²) >= 11 is 0. The summed E-state index contributed by atoms with van der Waals surface area (Å²) in [5.74, 6) is 0.596. The van der Waals surface area contributed by atoms with E-state index in [4.69, 9.17) is 9.47 Å². The molecule has 3 aliphatic heterocycles. The second-order valence-corrected chi connectivity index (χ2v) is 7.94. The molecule has 8 nitrogen and oxygen atoms in total. The molecule has 30 heavy (non-hydrogen) atoms. The highest BCUT2D eigenvalue weighted by Crippen LogP contribution is 2.34. The van der Waals surface area contributed by atoms with Crippen LogP contribution in [0.3, 0.4) is 0 Å². The molecule has 0 bridgehead atoms. The Bertz CT molecular complexity index is 1070. The van der Waals surface area contributed by atoms with Gasteiger partial charge in [0.2, 0.25) is 12.7 Å². The van der Waals surface area contributed by atoms with E-state index in [2.05, 4.69) is 5.32 Å². The lowest BCUT2D eigenvalue weighted by atomic mass is 9.92. The first-order valence-corrected chi connectivity index (χ1v) is 9.85. The predicted molar refractivity (Wildman–Crippen MR) is 107 cm³/mol. The topological polar surface area (TPSA) is 88.2 Å². The van der Waals surface area contributed by atoms with Crippen molar-refractivity contribution in [2.24, 2.45) is 0 Å². The van der Waals surface area contributed by atoms with Crippen LogP contribution in [0.2, 0.25) is 0 Å². The highest BCUT2D eigenvalue weighted by atomic mass is 16.7. The zero-order valence-electron chi connectivity index (χ0n) is 16.5. The van der Waals surface area contributed by atoms with Gasteiger partial charge in [-0.25, -0.2) is 4.79 Å². The van der Waals surface area contributed by atoms with Crippen molar-refractivity contribution in [3.05, 3.63) is 53.6 Å². The Balaban J connectivity index is 1.31. The van der Waals surface area contributed by atoms with Gasteiger partial charge in [-0.15, -0.1) is 0 Å². The number of benzene rings is 2. The fourth-order valence-corrected chi connectivity index (χ4v) is 4.29. The van der Waals surface area contributed by atoms with Crippen molar-refractivity contribution in [2.75, 3.05) is 24.8 Å². The van der Waals surface area contributed by atoms with Gasteiger partial charge in [0.15, 0.2) is 11.5 Å². The molecule has 1 fully saturated rings. The van der Waals surface area contributed by atoms with Gasteiger partial charge in [0, 0.05) is 18.7 Å². The third-order valence-corrected chi connectivity index (χ3v) is 5.82. The molecule has 0 spiro atoms. The minimum atomic E-state index is -1.13. The van der Waals surface area contributed by atoms with E-state index in [9.17, 15) is 14.4 Å². The van der Waals surface area contributed by atoms with Crippen LogP contribution < -0.4 is 19.7 Å². The predicted octanol–water partition coefficient (Wildman–Crippen LogP) is 1.86. The molecule has 4 amide bonds.